The molecule has 0 saturated heterocycles. The van der Waals surface area contributed by atoms with Gasteiger partial charge in [-0.3, -0.25) is 0 Å². The fraction of sp³-hybridized carbons (Fsp3) is 0.143. The number of fused-ring (bicyclic) bond motifs is 6. The van der Waals surface area contributed by atoms with Gasteiger partial charge in [-0.1, -0.05) is 96.1 Å². The van der Waals surface area contributed by atoms with E-state index in [9.17, 15) is 13.2 Å². The SMILES string of the molecule is Cc1cc(C)c(-c2ccc3c(c2)c2ccccc2n3-c2cc(-c3cccc(C(F)(F)F)c3)cc(-n3c4ccccc4c4cc(-c5c(C)cc(C)cc5C)ccc43)c2C(F)(F)F)c(C)c1. The van der Waals surface area contributed by atoms with Crippen molar-refractivity contribution in [2.24, 2.45) is 0 Å². The van der Waals surface area contributed by atoms with E-state index in [-0.39, 0.29) is 22.5 Å². The molecule has 0 aliphatic carbocycles. The Bertz CT molecular complexity index is 3300. The van der Waals surface area contributed by atoms with Gasteiger partial charge in [0.05, 0.1) is 39.0 Å². The van der Waals surface area contributed by atoms with Crippen LogP contribution in [0.4, 0.5) is 26.3 Å². The molecule has 10 aromatic rings. The van der Waals surface area contributed by atoms with Crippen LogP contribution in [0.3, 0.4) is 0 Å². The fourth-order valence-corrected chi connectivity index (χ4v) is 10.3. The Morgan fingerprint density at radius 3 is 1.19 bits per heavy atom. The number of hydrogen-bond donors (Lipinski definition) is 0. The maximum atomic E-state index is 16.5. The van der Waals surface area contributed by atoms with Crippen molar-refractivity contribution in [1.82, 2.24) is 9.13 Å². The summed E-state index contributed by atoms with van der Waals surface area (Å²) in [5.74, 6) is 0. The number of alkyl halides is 6. The minimum Gasteiger partial charge on any atom is -0.309 e. The predicted octanol–water partition coefficient (Wildman–Crippen LogP) is 16.8. The van der Waals surface area contributed by atoms with Crippen LogP contribution in [0.5, 0.6) is 0 Å². The van der Waals surface area contributed by atoms with E-state index >= 15 is 13.2 Å². The average Bonchev–Trinajstić information content (AvgIpc) is 3.74. The summed E-state index contributed by atoms with van der Waals surface area (Å²) >= 11 is 0. The van der Waals surface area contributed by atoms with Crippen molar-refractivity contribution in [2.45, 2.75) is 53.9 Å². The highest BCUT2D eigenvalue weighted by Gasteiger charge is 2.40. The maximum Gasteiger partial charge on any atom is 0.420 e. The lowest BCUT2D eigenvalue weighted by Crippen LogP contribution is -2.16. The minimum atomic E-state index is -4.93. The van der Waals surface area contributed by atoms with Crippen LogP contribution in [0.25, 0.3) is 88.4 Å². The number of halogens is 6. The Labute approximate surface area is 366 Å². The molecule has 0 aliphatic heterocycles. The number of hydrogen-bond acceptors (Lipinski definition) is 0. The van der Waals surface area contributed by atoms with Crippen molar-refractivity contribution < 1.29 is 26.3 Å². The Morgan fingerprint density at radius 2 is 0.766 bits per heavy atom. The number of nitrogens with zero attached hydrogens (tertiary/aromatic N) is 2. The second-order valence-electron chi connectivity index (χ2n) is 17.2. The van der Waals surface area contributed by atoms with Crippen LogP contribution in [-0.4, -0.2) is 9.13 Å². The highest BCUT2D eigenvalue weighted by molar-refractivity contribution is 6.12. The molecule has 8 heteroatoms. The molecule has 318 valence electrons. The van der Waals surface area contributed by atoms with Crippen molar-refractivity contribution in [3.8, 4) is 44.8 Å². The number of para-hydroxylation sites is 2. The van der Waals surface area contributed by atoms with Gasteiger partial charge in [-0.05, 0) is 158 Å². The van der Waals surface area contributed by atoms with Gasteiger partial charge in [0.1, 0.15) is 5.56 Å². The van der Waals surface area contributed by atoms with Gasteiger partial charge in [-0.15, -0.1) is 0 Å². The zero-order valence-electron chi connectivity index (χ0n) is 36.0. The first-order valence-electron chi connectivity index (χ1n) is 21.1. The molecule has 2 aromatic heterocycles. The van der Waals surface area contributed by atoms with E-state index in [0.29, 0.717) is 22.1 Å². The zero-order valence-corrected chi connectivity index (χ0v) is 36.0. The summed E-state index contributed by atoms with van der Waals surface area (Å²) in [6, 6.07) is 42.4. The van der Waals surface area contributed by atoms with Gasteiger partial charge in [-0.25, -0.2) is 0 Å². The Kier molecular flexibility index (Phi) is 9.45. The molecule has 0 N–H and O–H groups in total. The van der Waals surface area contributed by atoms with E-state index in [1.165, 1.54) is 24.3 Å². The van der Waals surface area contributed by atoms with Crippen LogP contribution in [0.15, 0.2) is 146 Å². The van der Waals surface area contributed by atoms with E-state index in [4.69, 9.17) is 0 Å². The van der Waals surface area contributed by atoms with E-state index < -0.39 is 23.5 Å². The first kappa shape index (κ1) is 41.0. The molecule has 0 spiro atoms. The Hall–Kier alpha value is -7.06. The van der Waals surface area contributed by atoms with E-state index in [1.54, 1.807) is 33.4 Å². The van der Waals surface area contributed by atoms with Crippen LogP contribution in [0.1, 0.15) is 44.5 Å². The lowest BCUT2D eigenvalue weighted by Gasteiger charge is -2.23. The lowest BCUT2D eigenvalue weighted by atomic mass is 9.93. The molecule has 0 saturated carbocycles. The molecule has 64 heavy (non-hydrogen) atoms. The topological polar surface area (TPSA) is 9.86 Å². The number of aromatic nitrogens is 2. The minimum absolute atomic E-state index is 0.132. The predicted molar refractivity (Wildman–Crippen MR) is 250 cm³/mol. The third-order valence-corrected chi connectivity index (χ3v) is 12.7. The van der Waals surface area contributed by atoms with Crippen LogP contribution < -0.4 is 0 Å². The van der Waals surface area contributed by atoms with Gasteiger partial charge in [0.15, 0.2) is 0 Å². The van der Waals surface area contributed by atoms with E-state index in [2.05, 4.69) is 52.0 Å². The quantitative estimate of drug-likeness (QED) is 0.153. The largest absolute Gasteiger partial charge is 0.420 e. The van der Waals surface area contributed by atoms with Crippen LogP contribution in [-0.2, 0) is 12.4 Å². The molecule has 0 unspecified atom stereocenters. The van der Waals surface area contributed by atoms with Crippen LogP contribution >= 0.6 is 0 Å². The van der Waals surface area contributed by atoms with Crippen molar-refractivity contribution >= 4 is 43.6 Å². The zero-order chi connectivity index (χ0) is 45.0. The van der Waals surface area contributed by atoms with Gasteiger partial charge in [0.2, 0.25) is 0 Å². The first-order chi connectivity index (χ1) is 30.5. The standard InChI is InChI=1S/C56H42F6N2/c1-31-22-33(3)52(34(4)23-31)38-18-20-48-44(27-38)42-14-7-9-16-46(42)63(48)50-29-40(37-12-11-13-41(26-37)55(57,58)59)30-51(54(50)56(60,61)62)64-47-17-10-8-15-43(47)45-28-39(19-21-49(45)64)53-35(5)24-32(2)25-36(53)6/h7-30H,1-6H3. The molecule has 2 nitrogen and oxygen atoms in total. The second kappa shape index (κ2) is 14.8. The lowest BCUT2D eigenvalue weighted by molar-refractivity contribution is -0.138. The van der Waals surface area contributed by atoms with Crippen LogP contribution in [0.2, 0.25) is 0 Å². The van der Waals surface area contributed by atoms with Gasteiger partial charge < -0.3 is 9.13 Å². The van der Waals surface area contributed by atoms with Gasteiger partial charge in [0.25, 0.3) is 0 Å². The highest BCUT2D eigenvalue weighted by atomic mass is 19.4. The second-order valence-corrected chi connectivity index (χ2v) is 17.2. The molecule has 0 radical (unpaired) electrons. The molecule has 10 rings (SSSR count). The summed E-state index contributed by atoms with van der Waals surface area (Å²) in [5.41, 5.74) is 10.8. The van der Waals surface area contributed by atoms with Gasteiger partial charge in [0, 0.05) is 21.5 Å². The number of rotatable bonds is 5. The van der Waals surface area contributed by atoms with Gasteiger partial charge >= 0.3 is 12.4 Å². The van der Waals surface area contributed by atoms with E-state index in [0.717, 1.165) is 89.3 Å². The molecule has 0 bridgehead atoms. The monoisotopic (exact) mass is 856 g/mol. The van der Waals surface area contributed by atoms with Gasteiger partial charge in [-0.2, -0.15) is 26.3 Å². The summed E-state index contributed by atoms with van der Waals surface area (Å²) in [7, 11) is 0. The van der Waals surface area contributed by atoms with Crippen molar-refractivity contribution in [1.29, 1.82) is 0 Å². The first-order valence-corrected chi connectivity index (χ1v) is 21.1. The third kappa shape index (κ3) is 6.66. The molecule has 0 aliphatic rings. The molecular formula is C56H42F6N2. The van der Waals surface area contributed by atoms with Crippen molar-refractivity contribution in [2.75, 3.05) is 0 Å². The molecule has 0 atom stereocenters. The normalized spacial score (nSPS) is 12.4. The molecule has 8 aromatic carbocycles. The summed E-state index contributed by atoms with van der Waals surface area (Å²) in [6.45, 7) is 12.3. The molecule has 0 amide bonds. The molecule has 2 heterocycles. The number of benzene rings is 8. The molecule has 0 fully saturated rings. The summed E-state index contributed by atoms with van der Waals surface area (Å²) in [6.07, 6.45) is -9.61. The maximum absolute atomic E-state index is 16.5. The fourth-order valence-electron chi connectivity index (χ4n) is 10.3. The van der Waals surface area contributed by atoms with Crippen LogP contribution in [0, 0.1) is 41.5 Å². The summed E-state index contributed by atoms with van der Waals surface area (Å²) < 4.78 is 95.6. The Morgan fingerprint density at radius 1 is 0.344 bits per heavy atom. The van der Waals surface area contributed by atoms with E-state index in [1.807, 2.05) is 74.5 Å². The Balaban J connectivity index is 1.33. The average molecular weight is 857 g/mol. The molecular weight excluding hydrogens is 815 g/mol. The highest BCUT2D eigenvalue weighted by Crippen LogP contribution is 2.47. The number of aryl methyl sites for hydroxylation is 6. The van der Waals surface area contributed by atoms with Crippen molar-refractivity contribution in [3.63, 3.8) is 0 Å². The van der Waals surface area contributed by atoms with Crippen molar-refractivity contribution in [3.05, 3.63) is 190 Å². The third-order valence-electron chi connectivity index (χ3n) is 12.7. The summed E-state index contributed by atoms with van der Waals surface area (Å²) in [4.78, 5) is 0. The summed E-state index contributed by atoms with van der Waals surface area (Å²) in [5, 5.41) is 2.98. The smallest absolute Gasteiger partial charge is 0.309 e.